The van der Waals surface area contributed by atoms with E-state index in [1.807, 2.05) is 47.8 Å². The molecule has 0 aliphatic carbocycles. The molecule has 3 aromatic rings. The van der Waals surface area contributed by atoms with Gasteiger partial charge in [-0.05, 0) is 35.2 Å². The van der Waals surface area contributed by atoms with E-state index in [2.05, 4.69) is 11.4 Å². The fourth-order valence-electron chi connectivity index (χ4n) is 2.92. The van der Waals surface area contributed by atoms with Crippen LogP contribution >= 0.6 is 11.3 Å². The third-order valence-corrected chi connectivity index (χ3v) is 5.16. The highest BCUT2D eigenvalue weighted by Crippen LogP contribution is 2.31. The molecule has 0 spiro atoms. The molecule has 6 heteroatoms. The number of thiophene rings is 1. The number of ether oxygens (including phenoxy) is 4. The SMILES string of the molecule is COc1cc(CNCc2cccc(OC)c2OC)ccc1OCc1cccs1. The Bertz CT molecular complexity index is 880. The molecule has 0 bridgehead atoms. The van der Waals surface area contributed by atoms with E-state index < -0.39 is 0 Å². The number of para-hydroxylation sites is 1. The van der Waals surface area contributed by atoms with Crippen LogP contribution in [0.5, 0.6) is 23.0 Å². The van der Waals surface area contributed by atoms with E-state index in [1.54, 1.807) is 32.7 Å². The molecule has 1 N–H and O–H groups in total. The number of hydrogen-bond acceptors (Lipinski definition) is 6. The van der Waals surface area contributed by atoms with Gasteiger partial charge in [-0.2, -0.15) is 0 Å². The van der Waals surface area contributed by atoms with Crippen molar-refractivity contribution in [1.29, 1.82) is 0 Å². The van der Waals surface area contributed by atoms with Crippen LogP contribution in [0.1, 0.15) is 16.0 Å². The van der Waals surface area contributed by atoms with Crippen LogP contribution < -0.4 is 24.3 Å². The van der Waals surface area contributed by atoms with Gasteiger partial charge in [-0.1, -0.05) is 24.3 Å². The van der Waals surface area contributed by atoms with Gasteiger partial charge in [0, 0.05) is 23.5 Å². The van der Waals surface area contributed by atoms with E-state index in [0.29, 0.717) is 19.7 Å². The molecular formula is C22H25NO4S. The first kappa shape index (κ1) is 20.0. The van der Waals surface area contributed by atoms with Crippen molar-refractivity contribution in [3.8, 4) is 23.0 Å². The zero-order valence-corrected chi connectivity index (χ0v) is 17.2. The maximum atomic E-state index is 5.89. The topological polar surface area (TPSA) is 49.0 Å². The number of nitrogens with one attached hydrogen (secondary N) is 1. The highest BCUT2D eigenvalue weighted by Gasteiger charge is 2.10. The van der Waals surface area contributed by atoms with Gasteiger partial charge in [0.1, 0.15) is 6.61 Å². The van der Waals surface area contributed by atoms with E-state index in [-0.39, 0.29) is 0 Å². The van der Waals surface area contributed by atoms with Crippen molar-refractivity contribution < 1.29 is 18.9 Å². The molecule has 28 heavy (non-hydrogen) atoms. The van der Waals surface area contributed by atoms with Crippen molar-refractivity contribution in [2.75, 3.05) is 21.3 Å². The maximum absolute atomic E-state index is 5.89. The molecule has 0 saturated heterocycles. The lowest BCUT2D eigenvalue weighted by Gasteiger charge is -2.14. The van der Waals surface area contributed by atoms with Crippen LogP contribution in [0.2, 0.25) is 0 Å². The van der Waals surface area contributed by atoms with Gasteiger partial charge < -0.3 is 24.3 Å². The zero-order valence-electron chi connectivity index (χ0n) is 16.4. The Kier molecular flexibility index (Phi) is 7.17. The third kappa shape index (κ3) is 4.97. The predicted octanol–water partition coefficient (Wildman–Crippen LogP) is 4.64. The minimum Gasteiger partial charge on any atom is -0.493 e. The van der Waals surface area contributed by atoms with Gasteiger partial charge in [-0.25, -0.2) is 0 Å². The normalized spacial score (nSPS) is 10.5. The first-order valence-electron chi connectivity index (χ1n) is 8.97. The van der Waals surface area contributed by atoms with Crippen LogP contribution in [-0.2, 0) is 19.7 Å². The Labute approximate surface area is 169 Å². The quantitative estimate of drug-likeness (QED) is 0.538. The highest BCUT2D eigenvalue weighted by molar-refractivity contribution is 7.09. The lowest BCUT2D eigenvalue weighted by Crippen LogP contribution is -2.13. The van der Waals surface area contributed by atoms with Gasteiger partial charge in [0.05, 0.1) is 21.3 Å². The molecule has 1 heterocycles. The molecule has 5 nitrogen and oxygen atoms in total. The van der Waals surface area contributed by atoms with Crippen molar-refractivity contribution in [1.82, 2.24) is 5.32 Å². The first-order chi connectivity index (χ1) is 13.7. The largest absolute Gasteiger partial charge is 0.493 e. The van der Waals surface area contributed by atoms with E-state index in [0.717, 1.165) is 34.1 Å². The fraction of sp³-hybridized carbons (Fsp3) is 0.273. The van der Waals surface area contributed by atoms with E-state index in [4.69, 9.17) is 18.9 Å². The summed E-state index contributed by atoms with van der Waals surface area (Å²) in [7, 11) is 4.95. The van der Waals surface area contributed by atoms with Gasteiger partial charge in [0.2, 0.25) is 0 Å². The van der Waals surface area contributed by atoms with Crippen molar-refractivity contribution in [3.05, 3.63) is 69.9 Å². The molecule has 0 atom stereocenters. The standard InChI is InChI=1S/C22H25NO4S/c1-24-20-8-4-6-17(22(20)26-3)14-23-13-16-9-10-19(21(12-16)25-2)27-15-18-7-5-11-28-18/h4-12,23H,13-15H2,1-3H3. The van der Waals surface area contributed by atoms with Gasteiger partial charge in [-0.3, -0.25) is 0 Å². The Morgan fingerprint density at radius 1 is 0.821 bits per heavy atom. The minimum absolute atomic E-state index is 0.543. The fourth-order valence-corrected chi connectivity index (χ4v) is 3.54. The molecule has 1 aromatic heterocycles. The Hall–Kier alpha value is -2.70. The number of benzene rings is 2. The average molecular weight is 400 g/mol. The molecule has 0 aliphatic heterocycles. The minimum atomic E-state index is 0.543. The summed E-state index contributed by atoms with van der Waals surface area (Å²) < 4.78 is 22.2. The zero-order chi connectivity index (χ0) is 19.8. The summed E-state index contributed by atoms with van der Waals surface area (Å²) >= 11 is 1.68. The monoisotopic (exact) mass is 399 g/mol. The molecular weight excluding hydrogens is 374 g/mol. The van der Waals surface area contributed by atoms with Crippen molar-refractivity contribution in [3.63, 3.8) is 0 Å². The molecule has 0 amide bonds. The molecule has 0 unspecified atom stereocenters. The molecule has 148 valence electrons. The third-order valence-electron chi connectivity index (χ3n) is 4.31. The van der Waals surface area contributed by atoms with E-state index >= 15 is 0 Å². The Balaban J connectivity index is 1.60. The average Bonchev–Trinajstić information content (AvgIpc) is 3.26. The van der Waals surface area contributed by atoms with Gasteiger partial charge in [0.15, 0.2) is 23.0 Å². The van der Waals surface area contributed by atoms with E-state index in [1.165, 1.54) is 4.88 Å². The number of rotatable bonds is 10. The highest BCUT2D eigenvalue weighted by atomic mass is 32.1. The lowest BCUT2D eigenvalue weighted by atomic mass is 10.1. The Morgan fingerprint density at radius 2 is 1.68 bits per heavy atom. The summed E-state index contributed by atoms with van der Waals surface area (Å²) in [6.07, 6.45) is 0. The first-order valence-corrected chi connectivity index (χ1v) is 9.85. The maximum Gasteiger partial charge on any atom is 0.165 e. The predicted molar refractivity (Wildman–Crippen MR) is 112 cm³/mol. The van der Waals surface area contributed by atoms with Crippen LogP contribution in [0.3, 0.4) is 0 Å². The molecule has 0 fully saturated rings. The summed E-state index contributed by atoms with van der Waals surface area (Å²) in [6.45, 7) is 1.91. The Morgan fingerprint density at radius 3 is 2.39 bits per heavy atom. The second-order valence-corrected chi connectivity index (χ2v) is 7.14. The summed E-state index contributed by atoms with van der Waals surface area (Å²) in [5, 5.41) is 5.48. The number of methoxy groups -OCH3 is 3. The van der Waals surface area contributed by atoms with Gasteiger partial charge in [-0.15, -0.1) is 11.3 Å². The van der Waals surface area contributed by atoms with Gasteiger partial charge in [0.25, 0.3) is 0 Å². The number of hydrogen-bond donors (Lipinski definition) is 1. The van der Waals surface area contributed by atoms with Crippen molar-refractivity contribution in [2.24, 2.45) is 0 Å². The van der Waals surface area contributed by atoms with Crippen LogP contribution in [-0.4, -0.2) is 21.3 Å². The summed E-state index contributed by atoms with van der Waals surface area (Å²) in [4.78, 5) is 1.18. The summed E-state index contributed by atoms with van der Waals surface area (Å²) in [5.74, 6) is 2.96. The molecule has 0 aliphatic rings. The van der Waals surface area contributed by atoms with Crippen LogP contribution in [0.4, 0.5) is 0 Å². The second kappa shape index (κ2) is 10.0. The lowest BCUT2D eigenvalue weighted by molar-refractivity contribution is 0.287. The smallest absolute Gasteiger partial charge is 0.165 e. The summed E-state index contributed by atoms with van der Waals surface area (Å²) in [5.41, 5.74) is 2.16. The van der Waals surface area contributed by atoms with Crippen molar-refractivity contribution >= 4 is 11.3 Å². The van der Waals surface area contributed by atoms with Crippen LogP contribution in [0.25, 0.3) is 0 Å². The summed E-state index contributed by atoms with van der Waals surface area (Å²) in [6, 6.07) is 16.0. The van der Waals surface area contributed by atoms with Crippen molar-refractivity contribution in [2.45, 2.75) is 19.7 Å². The molecule has 0 saturated carbocycles. The van der Waals surface area contributed by atoms with Gasteiger partial charge >= 0.3 is 0 Å². The second-order valence-electron chi connectivity index (χ2n) is 6.11. The molecule has 2 aromatic carbocycles. The van der Waals surface area contributed by atoms with Crippen LogP contribution in [0, 0.1) is 0 Å². The van der Waals surface area contributed by atoms with Crippen LogP contribution in [0.15, 0.2) is 53.9 Å². The molecule has 0 radical (unpaired) electrons. The van der Waals surface area contributed by atoms with E-state index in [9.17, 15) is 0 Å². The molecule has 3 rings (SSSR count).